The Labute approximate surface area is 332 Å². The lowest BCUT2D eigenvalue weighted by Gasteiger charge is -2.30. The van der Waals surface area contributed by atoms with Gasteiger partial charge in [-0.05, 0) is 103 Å². The quantitative estimate of drug-likeness (QED) is 0.169. The Morgan fingerprint density at radius 2 is 0.982 bits per heavy atom. The first kappa shape index (κ1) is 33.2. The van der Waals surface area contributed by atoms with Gasteiger partial charge >= 0.3 is 0 Å². The van der Waals surface area contributed by atoms with Gasteiger partial charge in [0.05, 0.1) is 5.69 Å². The van der Waals surface area contributed by atoms with Gasteiger partial charge in [0, 0.05) is 33.1 Å². The minimum atomic E-state index is -0.142. The van der Waals surface area contributed by atoms with Crippen molar-refractivity contribution in [1.82, 2.24) is 0 Å². The summed E-state index contributed by atoms with van der Waals surface area (Å²) in [5, 5.41) is 4.75. The minimum absolute atomic E-state index is 0.142. The van der Waals surface area contributed by atoms with Crippen LogP contribution in [0.5, 0.6) is 0 Å². The average Bonchev–Trinajstić information content (AvgIpc) is 3.76. The maximum atomic E-state index is 6.29. The van der Waals surface area contributed by atoms with Crippen molar-refractivity contribution < 1.29 is 4.42 Å². The molecule has 0 saturated carbocycles. The highest BCUT2D eigenvalue weighted by Gasteiger charge is 2.36. The van der Waals surface area contributed by atoms with E-state index in [9.17, 15) is 0 Å². The van der Waals surface area contributed by atoms with Crippen molar-refractivity contribution in [3.63, 3.8) is 0 Å². The normalized spacial score (nSPS) is 12.9. The molecule has 11 rings (SSSR count). The zero-order valence-corrected chi connectivity index (χ0v) is 31.9. The van der Waals surface area contributed by atoms with Crippen molar-refractivity contribution >= 4 is 49.8 Å². The second-order valence-electron chi connectivity index (χ2n) is 15.7. The molecule has 1 aliphatic rings. The summed E-state index contributed by atoms with van der Waals surface area (Å²) in [5.41, 5.74) is 17.4. The highest BCUT2D eigenvalue weighted by Crippen LogP contribution is 2.52. The van der Waals surface area contributed by atoms with Crippen LogP contribution < -0.4 is 4.90 Å². The van der Waals surface area contributed by atoms with E-state index >= 15 is 0 Å². The summed E-state index contributed by atoms with van der Waals surface area (Å²) in [7, 11) is 0. The lowest BCUT2D eigenvalue weighted by Crippen LogP contribution is -2.17. The Hall–Kier alpha value is -7.16. The van der Waals surface area contributed by atoms with E-state index in [-0.39, 0.29) is 5.41 Å². The van der Waals surface area contributed by atoms with Crippen molar-refractivity contribution in [2.75, 3.05) is 4.90 Å². The van der Waals surface area contributed by atoms with Gasteiger partial charge in [0.1, 0.15) is 11.2 Å². The summed E-state index contributed by atoms with van der Waals surface area (Å²) < 4.78 is 6.29. The molecular weight excluding hydrogens is 691 g/mol. The number of para-hydroxylation sites is 1. The van der Waals surface area contributed by atoms with E-state index in [0.717, 1.165) is 50.1 Å². The highest BCUT2D eigenvalue weighted by molar-refractivity contribution is 6.12. The van der Waals surface area contributed by atoms with E-state index in [0.29, 0.717) is 0 Å². The molecular formula is C55H39NO. The Morgan fingerprint density at radius 1 is 0.386 bits per heavy atom. The molecule has 0 bridgehead atoms. The van der Waals surface area contributed by atoms with Crippen molar-refractivity contribution in [2.45, 2.75) is 19.3 Å². The number of rotatable bonds is 6. The van der Waals surface area contributed by atoms with Crippen molar-refractivity contribution in [1.29, 1.82) is 0 Å². The molecule has 0 atom stereocenters. The minimum Gasteiger partial charge on any atom is -0.456 e. The fourth-order valence-electron chi connectivity index (χ4n) is 9.29. The summed E-state index contributed by atoms with van der Waals surface area (Å²) in [6.45, 7) is 4.72. The van der Waals surface area contributed by atoms with Gasteiger partial charge in [0.25, 0.3) is 0 Å². The van der Waals surface area contributed by atoms with E-state index in [1.165, 1.54) is 55.3 Å². The van der Waals surface area contributed by atoms with Gasteiger partial charge in [-0.1, -0.05) is 172 Å². The second kappa shape index (κ2) is 13.0. The van der Waals surface area contributed by atoms with Gasteiger partial charge in [0.2, 0.25) is 0 Å². The first-order valence-electron chi connectivity index (χ1n) is 19.8. The van der Waals surface area contributed by atoms with Crippen LogP contribution in [0.2, 0.25) is 0 Å². The first-order valence-corrected chi connectivity index (χ1v) is 19.8. The van der Waals surface area contributed by atoms with Gasteiger partial charge in [0.15, 0.2) is 0 Å². The zero-order valence-electron chi connectivity index (χ0n) is 31.9. The predicted octanol–water partition coefficient (Wildman–Crippen LogP) is 15.5. The van der Waals surface area contributed by atoms with E-state index in [1.54, 1.807) is 0 Å². The highest BCUT2D eigenvalue weighted by atomic mass is 16.3. The van der Waals surface area contributed by atoms with E-state index in [1.807, 2.05) is 12.1 Å². The lowest BCUT2D eigenvalue weighted by molar-refractivity contribution is 0.660. The van der Waals surface area contributed by atoms with Crippen molar-refractivity contribution in [3.8, 4) is 44.5 Å². The van der Waals surface area contributed by atoms with Gasteiger partial charge in [-0.3, -0.25) is 0 Å². The number of nitrogens with zero attached hydrogens (tertiary/aromatic N) is 1. The molecule has 9 aromatic carbocycles. The van der Waals surface area contributed by atoms with Crippen LogP contribution in [0.3, 0.4) is 0 Å². The van der Waals surface area contributed by atoms with E-state index < -0.39 is 0 Å². The summed E-state index contributed by atoms with van der Waals surface area (Å²) in [4.78, 5) is 2.47. The molecule has 1 heterocycles. The SMILES string of the molecule is CC1(C)c2ccccc2-c2ccc(N(c3ccc(-c4cccc5oc6ccccc6c45)cc3)c3cc(-c4cccc5ccccc45)ccc3-c3ccccc3)cc21. The number of benzene rings is 9. The number of hydrogen-bond donors (Lipinski definition) is 0. The van der Waals surface area contributed by atoms with Gasteiger partial charge in [-0.25, -0.2) is 0 Å². The number of fused-ring (bicyclic) bond motifs is 7. The molecule has 1 aromatic heterocycles. The number of anilines is 3. The summed E-state index contributed by atoms with van der Waals surface area (Å²) in [6, 6.07) is 72.8. The number of hydrogen-bond acceptors (Lipinski definition) is 2. The van der Waals surface area contributed by atoms with E-state index in [4.69, 9.17) is 4.42 Å². The van der Waals surface area contributed by atoms with Gasteiger partial charge in [-0.15, -0.1) is 0 Å². The van der Waals surface area contributed by atoms with Crippen LogP contribution in [0.15, 0.2) is 205 Å². The standard InChI is InChI=1S/C55H39NO/c1-55(2)49-23-10-8-19-46(49)47-33-31-41(35-50(47)55)56(40-29-26-38(27-30-40)45-22-13-25-53-54(45)48-20-9-11-24-52(48)57-53)51-34-39(28-32-44(51)37-14-4-3-5-15-37)43-21-12-17-36-16-6-7-18-42(36)43/h3-35H,1-2H3. The fourth-order valence-corrected chi connectivity index (χ4v) is 9.29. The third-order valence-corrected chi connectivity index (χ3v) is 12.1. The molecule has 0 fully saturated rings. The monoisotopic (exact) mass is 729 g/mol. The summed E-state index contributed by atoms with van der Waals surface area (Å²) >= 11 is 0. The van der Waals surface area contributed by atoms with Crippen LogP contribution in [0.4, 0.5) is 17.1 Å². The van der Waals surface area contributed by atoms with Crippen LogP contribution in [-0.2, 0) is 5.41 Å². The third-order valence-electron chi connectivity index (χ3n) is 12.1. The van der Waals surface area contributed by atoms with E-state index in [2.05, 4.69) is 207 Å². The molecule has 0 aliphatic heterocycles. The Kier molecular flexibility index (Phi) is 7.55. The van der Waals surface area contributed by atoms with Crippen LogP contribution in [0, 0.1) is 0 Å². The second-order valence-corrected chi connectivity index (χ2v) is 15.7. The van der Waals surface area contributed by atoms with Gasteiger partial charge in [-0.2, -0.15) is 0 Å². The molecule has 0 unspecified atom stereocenters. The van der Waals surface area contributed by atoms with Crippen molar-refractivity contribution in [2.24, 2.45) is 0 Å². The molecule has 0 spiro atoms. The molecule has 1 aliphatic carbocycles. The molecule has 57 heavy (non-hydrogen) atoms. The molecule has 270 valence electrons. The van der Waals surface area contributed by atoms with Crippen LogP contribution in [-0.4, -0.2) is 0 Å². The zero-order chi connectivity index (χ0) is 38.1. The predicted molar refractivity (Wildman–Crippen MR) is 240 cm³/mol. The molecule has 0 amide bonds. The maximum Gasteiger partial charge on any atom is 0.136 e. The summed E-state index contributed by atoms with van der Waals surface area (Å²) in [5.74, 6) is 0. The van der Waals surface area contributed by atoms with Crippen LogP contribution in [0.1, 0.15) is 25.0 Å². The molecule has 2 nitrogen and oxygen atoms in total. The summed E-state index contributed by atoms with van der Waals surface area (Å²) in [6.07, 6.45) is 0. The molecule has 0 N–H and O–H groups in total. The lowest BCUT2D eigenvalue weighted by atomic mass is 9.82. The topological polar surface area (TPSA) is 16.4 Å². The molecule has 10 aromatic rings. The first-order chi connectivity index (χ1) is 28.0. The molecule has 0 saturated heterocycles. The third kappa shape index (κ3) is 5.33. The molecule has 2 heteroatoms. The number of furan rings is 1. The average molecular weight is 730 g/mol. The fraction of sp³-hybridized carbons (Fsp3) is 0.0545. The molecule has 0 radical (unpaired) electrons. The van der Waals surface area contributed by atoms with Crippen LogP contribution in [0.25, 0.3) is 77.2 Å². The maximum absolute atomic E-state index is 6.29. The van der Waals surface area contributed by atoms with Gasteiger partial charge < -0.3 is 9.32 Å². The van der Waals surface area contributed by atoms with Crippen LogP contribution >= 0.6 is 0 Å². The smallest absolute Gasteiger partial charge is 0.136 e. The Bertz CT molecular complexity index is 3150. The Balaban J connectivity index is 1.14. The Morgan fingerprint density at radius 3 is 1.86 bits per heavy atom. The van der Waals surface area contributed by atoms with Crippen molar-refractivity contribution in [3.05, 3.63) is 211 Å². The largest absolute Gasteiger partial charge is 0.456 e.